The van der Waals surface area contributed by atoms with Gasteiger partial charge in [-0.05, 0) is 37.5 Å². The van der Waals surface area contributed by atoms with Crippen LogP contribution in [0.25, 0.3) is 0 Å². The normalized spacial score (nSPS) is 25.4. The van der Waals surface area contributed by atoms with E-state index in [4.69, 9.17) is 15.0 Å². The van der Waals surface area contributed by atoms with Crippen LogP contribution in [0, 0.1) is 5.92 Å². The van der Waals surface area contributed by atoms with Crippen LogP contribution in [-0.4, -0.2) is 47.2 Å². The van der Waals surface area contributed by atoms with Crippen molar-refractivity contribution in [2.45, 2.75) is 57.7 Å². The number of aromatic nitrogens is 1. The lowest BCUT2D eigenvalue weighted by atomic mass is 9.89. The number of nitrogens with two attached hydrogens (primary N) is 1. The first-order valence-corrected chi connectivity index (χ1v) is 8.65. The smallest absolute Gasteiger partial charge is 0.259 e. The van der Waals surface area contributed by atoms with Crippen molar-refractivity contribution in [1.82, 2.24) is 10.1 Å². The first-order valence-electron chi connectivity index (χ1n) is 8.65. The van der Waals surface area contributed by atoms with Crippen molar-refractivity contribution >= 4 is 11.8 Å². The number of primary amides is 1. The summed E-state index contributed by atoms with van der Waals surface area (Å²) in [5, 5.41) is 3.95. The molecule has 0 bridgehead atoms. The fourth-order valence-corrected chi connectivity index (χ4v) is 3.69. The number of piperidine rings is 1. The Morgan fingerprint density at radius 2 is 1.96 bits per heavy atom. The number of carbonyl (C=O) groups is 2. The lowest BCUT2D eigenvalue weighted by Crippen LogP contribution is -2.41. The zero-order valence-electron chi connectivity index (χ0n) is 14.2. The molecule has 2 atom stereocenters. The zero-order valence-corrected chi connectivity index (χ0v) is 14.2. The second kappa shape index (κ2) is 6.93. The van der Waals surface area contributed by atoms with Crippen LogP contribution in [0.5, 0.6) is 0 Å². The van der Waals surface area contributed by atoms with Crippen LogP contribution in [0.3, 0.4) is 0 Å². The second-order valence-corrected chi connectivity index (χ2v) is 7.04. The van der Waals surface area contributed by atoms with Crippen LogP contribution < -0.4 is 5.73 Å². The summed E-state index contributed by atoms with van der Waals surface area (Å²) in [5.74, 6) is 0.142. The van der Waals surface area contributed by atoms with Gasteiger partial charge in [0.2, 0.25) is 5.91 Å². The molecule has 2 aliphatic heterocycles. The van der Waals surface area contributed by atoms with Gasteiger partial charge in [0.05, 0.1) is 11.8 Å². The lowest BCUT2D eigenvalue weighted by Gasteiger charge is -2.34. The minimum absolute atomic E-state index is 0.0132. The van der Waals surface area contributed by atoms with Crippen LogP contribution in [0.2, 0.25) is 0 Å². The molecule has 2 amide bonds. The van der Waals surface area contributed by atoms with Gasteiger partial charge in [-0.3, -0.25) is 9.59 Å². The molecule has 3 heterocycles. The standard InChI is InChI=1S/C17H25N3O4/c1-10(2)15-12(9-23-19-15)17(22)20-7-5-11(6-8-20)13-3-4-14(24-13)16(18)21/h9-11,13-14H,3-8H2,1-2H3,(H2,18,21)/t13-,14+/m0/s1. The predicted molar refractivity (Wildman–Crippen MR) is 86.3 cm³/mol. The van der Waals surface area contributed by atoms with Gasteiger partial charge < -0.3 is 19.9 Å². The molecule has 1 aromatic heterocycles. The van der Waals surface area contributed by atoms with Gasteiger partial charge >= 0.3 is 0 Å². The van der Waals surface area contributed by atoms with E-state index in [-0.39, 0.29) is 23.8 Å². The van der Waals surface area contributed by atoms with Crippen LogP contribution in [-0.2, 0) is 9.53 Å². The average molecular weight is 335 g/mol. The highest BCUT2D eigenvalue weighted by molar-refractivity contribution is 5.95. The summed E-state index contributed by atoms with van der Waals surface area (Å²) in [7, 11) is 0. The van der Waals surface area contributed by atoms with E-state index in [0.29, 0.717) is 36.7 Å². The van der Waals surface area contributed by atoms with Crippen molar-refractivity contribution in [3.63, 3.8) is 0 Å². The zero-order chi connectivity index (χ0) is 17.3. The summed E-state index contributed by atoms with van der Waals surface area (Å²) in [6.07, 6.45) is 4.42. The fourth-order valence-electron chi connectivity index (χ4n) is 3.69. The van der Waals surface area contributed by atoms with Gasteiger partial charge in [0.1, 0.15) is 17.9 Å². The molecule has 7 heteroatoms. The van der Waals surface area contributed by atoms with Gasteiger partial charge in [-0.25, -0.2) is 0 Å². The van der Waals surface area contributed by atoms with E-state index in [0.717, 1.165) is 19.3 Å². The van der Waals surface area contributed by atoms with Crippen LogP contribution in [0.4, 0.5) is 0 Å². The fraction of sp³-hybridized carbons (Fsp3) is 0.706. The molecule has 2 fully saturated rings. The number of ether oxygens (including phenoxy) is 1. The number of hydrogen-bond donors (Lipinski definition) is 1. The van der Waals surface area contributed by atoms with Crippen molar-refractivity contribution < 1.29 is 18.8 Å². The molecular formula is C17H25N3O4. The molecule has 2 aliphatic rings. The monoisotopic (exact) mass is 335 g/mol. The number of rotatable bonds is 4. The molecule has 0 spiro atoms. The van der Waals surface area contributed by atoms with E-state index < -0.39 is 6.10 Å². The quantitative estimate of drug-likeness (QED) is 0.902. The summed E-state index contributed by atoms with van der Waals surface area (Å²) < 4.78 is 10.8. The summed E-state index contributed by atoms with van der Waals surface area (Å²) in [6.45, 7) is 5.36. The first-order chi connectivity index (χ1) is 11.5. The van der Waals surface area contributed by atoms with E-state index in [1.165, 1.54) is 6.26 Å². The van der Waals surface area contributed by atoms with Crippen molar-refractivity contribution in [2.24, 2.45) is 11.7 Å². The van der Waals surface area contributed by atoms with Gasteiger partial charge in [0, 0.05) is 13.1 Å². The maximum Gasteiger partial charge on any atom is 0.259 e. The number of carbonyl (C=O) groups excluding carboxylic acids is 2. The molecular weight excluding hydrogens is 310 g/mol. The van der Waals surface area contributed by atoms with Crippen LogP contribution in [0.15, 0.2) is 10.8 Å². The molecule has 24 heavy (non-hydrogen) atoms. The average Bonchev–Trinajstić information content (AvgIpc) is 3.23. The Morgan fingerprint density at radius 1 is 1.25 bits per heavy atom. The Kier molecular flexibility index (Phi) is 4.89. The minimum atomic E-state index is -0.444. The van der Waals surface area contributed by atoms with Crippen molar-refractivity contribution in [3.05, 3.63) is 17.5 Å². The molecule has 0 radical (unpaired) electrons. The maximum absolute atomic E-state index is 12.7. The van der Waals surface area contributed by atoms with Crippen molar-refractivity contribution in [1.29, 1.82) is 0 Å². The van der Waals surface area contributed by atoms with E-state index in [9.17, 15) is 9.59 Å². The number of nitrogens with zero attached hydrogens (tertiary/aromatic N) is 2. The van der Waals surface area contributed by atoms with E-state index in [1.54, 1.807) is 0 Å². The Hall–Kier alpha value is -1.89. The Morgan fingerprint density at radius 3 is 2.54 bits per heavy atom. The summed E-state index contributed by atoms with van der Waals surface area (Å²) in [5.41, 5.74) is 6.59. The first kappa shape index (κ1) is 17.0. The molecule has 1 aromatic rings. The number of likely N-dealkylation sites (tertiary alicyclic amines) is 1. The highest BCUT2D eigenvalue weighted by Gasteiger charge is 2.37. The molecule has 0 aromatic carbocycles. The molecule has 3 rings (SSSR count). The molecule has 0 unspecified atom stereocenters. The summed E-state index contributed by atoms with van der Waals surface area (Å²) in [6, 6.07) is 0. The van der Waals surface area contributed by atoms with E-state index in [1.807, 2.05) is 18.7 Å². The summed E-state index contributed by atoms with van der Waals surface area (Å²) >= 11 is 0. The number of hydrogen-bond acceptors (Lipinski definition) is 5. The van der Waals surface area contributed by atoms with Crippen LogP contribution >= 0.6 is 0 Å². The van der Waals surface area contributed by atoms with E-state index >= 15 is 0 Å². The molecule has 2 saturated heterocycles. The molecule has 2 N–H and O–H groups in total. The third-order valence-corrected chi connectivity index (χ3v) is 5.10. The Balaban J connectivity index is 1.56. The third-order valence-electron chi connectivity index (χ3n) is 5.10. The molecule has 0 aliphatic carbocycles. The highest BCUT2D eigenvalue weighted by Crippen LogP contribution is 2.32. The second-order valence-electron chi connectivity index (χ2n) is 7.04. The highest BCUT2D eigenvalue weighted by atomic mass is 16.5. The van der Waals surface area contributed by atoms with Gasteiger partial charge in [0.15, 0.2) is 0 Å². The van der Waals surface area contributed by atoms with Crippen LogP contribution in [0.1, 0.15) is 61.5 Å². The lowest BCUT2D eigenvalue weighted by molar-refractivity contribution is -0.130. The van der Waals surface area contributed by atoms with E-state index in [2.05, 4.69) is 5.16 Å². The number of amides is 2. The third kappa shape index (κ3) is 3.31. The van der Waals surface area contributed by atoms with Gasteiger partial charge in [0.25, 0.3) is 5.91 Å². The molecule has 132 valence electrons. The van der Waals surface area contributed by atoms with Gasteiger partial charge in [-0.2, -0.15) is 0 Å². The SMILES string of the molecule is CC(C)c1nocc1C(=O)N1CCC([C@@H]2CC[C@H](C(N)=O)O2)CC1. The molecule has 7 nitrogen and oxygen atoms in total. The topological polar surface area (TPSA) is 98.7 Å². The molecule has 0 saturated carbocycles. The Labute approximate surface area is 141 Å². The summed E-state index contributed by atoms with van der Waals surface area (Å²) in [4.78, 5) is 25.8. The predicted octanol–water partition coefficient (Wildman–Crippen LogP) is 1.68. The van der Waals surface area contributed by atoms with Crippen molar-refractivity contribution in [3.8, 4) is 0 Å². The van der Waals surface area contributed by atoms with Gasteiger partial charge in [-0.15, -0.1) is 0 Å². The van der Waals surface area contributed by atoms with Crippen molar-refractivity contribution in [2.75, 3.05) is 13.1 Å². The minimum Gasteiger partial charge on any atom is -0.367 e. The largest absolute Gasteiger partial charge is 0.367 e. The van der Waals surface area contributed by atoms with Gasteiger partial charge in [-0.1, -0.05) is 19.0 Å². The Bertz CT molecular complexity index is 605. The maximum atomic E-state index is 12.7.